The third-order valence-electron chi connectivity index (χ3n) is 5.04. The molecule has 2 aliphatic heterocycles. The Morgan fingerprint density at radius 3 is 2.96 bits per heavy atom. The number of H-pyrrole nitrogens is 1. The van der Waals surface area contributed by atoms with Gasteiger partial charge in [0.25, 0.3) is 5.56 Å². The van der Waals surface area contributed by atoms with Crippen molar-refractivity contribution in [3.8, 4) is 17.2 Å². The molecule has 2 aromatic rings. The molecular weight excluding hydrogens is 320 g/mol. The molecule has 1 spiro atoms. The van der Waals surface area contributed by atoms with Crippen LogP contribution in [0.2, 0.25) is 0 Å². The van der Waals surface area contributed by atoms with E-state index >= 15 is 0 Å². The molecule has 0 saturated carbocycles. The number of hydrogen-bond acceptors (Lipinski definition) is 6. The number of nitriles is 1. The monoisotopic (exact) mass is 338 g/mol. The van der Waals surface area contributed by atoms with Crippen molar-refractivity contribution < 1.29 is 9.47 Å². The lowest BCUT2D eigenvalue weighted by Crippen LogP contribution is -2.68. The van der Waals surface area contributed by atoms with Crippen LogP contribution in [0.3, 0.4) is 0 Å². The van der Waals surface area contributed by atoms with Crippen molar-refractivity contribution in [1.82, 2.24) is 9.97 Å². The Morgan fingerprint density at radius 2 is 2.24 bits per heavy atom. The summed E-state index contributed by atoms with van der Waals surface area (Å²) < 4.78 is 11.3. The number of hydrogen-bond donors (Lipinski definition) is 1. The van der Waals surface area contributed by atoms with Gasteiger partial charge in [-0.15, -0.1) is 0 Å². The summed E-state index contributed by atoms with van der Waals surface area (Å²) in [5.74, 6) is 0. The average Bonchev–Trinajstić information content (AvgIpc) is 2.61. The van der Waals surface area contributed by atoms with Crippen molar-refractivity contribution in [3.63, 3.8) is 0 Å². The van der Waals surface area contributed by atoms with Gasteiger partial charge in [0.2, 0.25) is 0 Å². The van der Waals surface area contributed by atoms with Crippen LogP contribution < -0.4 is 10.5 Å². The van der Waals surface area contributed by atoms with Crippen LogP contribution in [0, 0.1) is 11.3 Å². The topological polar surface area (TPSA) is 91.2 Å². The number of aromatic nitrogens is 2. The predicted molar refractivity (Wildman–Crippen MR) is 91.3 cm³/mol. The van der Waals surface area contributed by atoms with E-state index in [1.54, 1.807) is 18.5 Å². The van der Waals surface area contributed by atoms with E-state index in [0.717, 1.165) is 11.1 Å². The minimum Gasteiger partial charge on any atom is -0.375 e. The summed E-state index contributed by atoms with van der Waals surface area (Å²) in [5.41, 5.74) is 2.16. The van der Waals surface area contributed by atoms with Gasteiger partial charge in [0.05, 0.1) is 25.9 Å². The largest absolute Gasteiger partial charge is 0.375 e. The second-order valence-corrected chi connectivity index (χ2v) is 6.42. The maximum absolute atomic E-state index is 12.5. The highest BCUT2D eigenvalue weighted by Crippen LogP contribution is 2.34. The maximum atomic E-state index is 12.5. The fourth-order valence-electron chi connectivity index (χ4n) is 3.43. The molecule has 0 radical (unpaired) electrons. The number of anilines is 1. The third kappa shape index (κ3) is 2.60. The normalized spacial score (nSPS) is 21.6. The molecule has 25 heavy (non-hydrogen) atoms. The summed E-state index contributed by atoms with van der Waals surface area (Å²) in [6.07, 6.45) is 3.26. The summed E-state index contributed by atoms with van der Waals surface area (Å²) in [5, 5.41) is 9.03. The first-order valence-electron chi connectivity index (χ1n) is 8.20. The van der Waals surface area contributed by atoms with Crippen molar-refractivity contribution >= 4 is 5.69 Å². The summed E-state index contributed by atoms with van der Waals surface area (Å²) in [7, 11) is 0. The molecule has 2 saturated heterocycles. The molecular formula is C18H18N4O3. The van der Waals surface area contributed by atoms with E-state index in [2.05, 4.69) is 21.8 Å². The number of aromatic amines is 1. The Kier molecular flexibility index (Phi) is 3.79. The van der Waals surface area contributed by atoms with Gasteiger partial charge >= 0.3 is 0 Å². The van der Waals surface area contributed by atoms with E-state index in [4.69, 9.17) is 14.7 Å². The highest BCUT2D eigenvalue weighted by Gasteiger charge is 2.50. The first-order valence-corrected chi connectivity index (χ1v) is 8.20. The van der Waals surface area contributed by atoms with Gasteiger partial charge in [-0.25, -0.2) is 4.98 Å². The van der Waals surface area contributed by atoms with Crippen LogP contribution in [0.4, 0.5) is 5.69 Å². The lowest BCUT2D eigenvalue weighted by molar-refractivity contribution is -0.228. The fraction of sp³-hybridized carbons (Fsp3) is 0.389. The number of nitrogens with one attached hydrogen (secondary N) is 1. The quantitative estimate of drug-likeness (QED) is 0.887. The summed E-state index contributed by atoms with van der Waals surface area (Å²) in [4.78, 5) is 21.3. The number of pyridine rings is 2. The van der Waals surface area contributed by atoms with Gasteiger partial charge < -0.3 is 19.4 Å². The van der Waals surface area contributed by atoms with Gasteiger partial charge in [0, 0.05) is 24.5 Å². The standard InChI is InChI=1S/C18H18N4O3/c1-12-18(10-24-11-18)25-5-4-22(12)16-7-14(9-21-17(16)23)13-2-3-20-15(6-13)8-19/h2-3,6-7,9,12H,4-5,10-11H2,1H3,(H,21,23). The number of rotatable bonds is 2. The molecule has 7 nitrogen and oxygen atoms in total. The number of nitrogens with zero attached hydrogens (tertiary/aromatic N) is 3. The molecule has 2 aliphatic rings. The average molecular weight is 338 g/mol. The van der Waals surface area contributed by atoms with Crippen molar-refractivity contribution in [2.45, 2.75) is 18.6 Å². The highest BCUT2D eigenvalue weighted by molar-refractivity contribution is 5.68. The molecule has 7 heteroatoms. The van der Waals surface area contributed by atoms with E-state index in [-0.39, 0.29) is 17.2 Å². The van der Waals surface area contributed by atoms with Crippen molar-refractivity contribution in [2.24, 2.45) is 0 Å². The van der Waals surface area contributed by atoms with E-state index < -0.39 is 0 Å². The third-order valence-corrected chi connectivity index (χ3v) is 5.04. The zero-order chi connectivity index (χ0) is 17.4. The SMILES string of the molecule is CC1N(c2cc(-c3ccnc(C#N)c3)c[nH]c2=O)CCOC12COC2. The van der Waals surface area contributed by atoms with Crippen LogP contribution in [0.15, 0.2) is 35.4 Å². The lowest BCUT2D eigenvalue weighted by Gasteiger charge is -2.53. The van der Waals surface area contributed by atoms with Crippen LogP contribution in [0.5, 0.6) is 0 Å². The van der Waals surface area contributed by atoms with Gasteiger partial charge in [-0.05, 0) is 30.7 Å². The molecule has 4 heterocycles. The minimum atomic E-state index is -0.328. The van der Waals surface area contributed by atoms with Crippen molar-refractivity contribution in [1.29, 1.82) is 5.26 Å². The van der Waals surface area contributed by atoms with Crippen molar-refractivity contribution in [2.75, 3.05) is 31.3 Å². The molecule has 0 aliphatic carbocycles. The molecule has 0 amide bonds. The Hall–Kier alpha value is -2.69. The van der Waals surface area contributed by atoms with Crippen LogP contribution in [0.1, 0.15) is 12.6 Å². The highest BCUT2D eigenvalue weighted by atomic mass is 16.6. The summed E-state index contributed by atoms with van der Waals surface area (Å²) in [6.45, 7) is 4.38. The van der Waals surface area contributed by atoms with Crippen LogP contribution in [-0.4, -0.2) is 48.0 Å². The van der Waals surface area contributed by atoms with Gasteiger partial charge in [0.15, 0.2) is 0 Å². The second-order valence-electron chi connectivity index (χ2n) is 6.42. The van der Waals surface area contributed by atoms with Gasteiger partial charge in [-0.3, -0.25) is 4.79 Å². The smallest absolute Gasteiger partial charge is 0.271 e. The van der Waals surface area contributed by atoms with E-state index in [0.29, 0.717) is 37.7 Å². The first-order chi connectivity index (χ1) is 12.1. The molecule has 1 atom stereocenters. The Bertz CT molecular complexity index is 898. The first kappa shape index (κ1) is 15.8. The van der Waals surface area contributed by atoms with Crippen LogP contribution in [0.25, 0.3) is 11.1 Å². The minimum absolute atomic E-state index is 0.0402. The van der Waals surface area contributed by atoms with E-state index in [1.165, 1.54) is 0 Å². The summed E-state index contributed by atoms with van der Waals surface area (Å²) in [6, 6.07) is 7.47. The zero-order valence-electron chi connectivity index (χ0n) is 13.9. The Balaban J connectivity index is 1.73. The maximum Gasteiger partial charge on any atom is 0.271 e. The number of morpholine rings is 1. The van der Waals surface area contributed by atoms with Crippen LogP contribution >= 0.6 is 0 Å². The molecule has 2 fully saturated rings. The zero-order valence-corrected chi connectivity index (χ0v) is 13.9. The van der Waals surface area contributed by atoms with Gasteiger partial charge in [-0.1, -0.05) is 0 Å². The van der Waals surface area contributed by atoms with E-state index in [1.807, 2.05) is 18.2 Å². The number of ether oxygens (including phenoxy) is 2. The second kappa shape index (κ2) is 5.99. The predicted octanol–water partition coefficient (Wildman–Crippen LogP) is 1.30. The van der Waals surface area contributed by atoms with Gasteiger partial charge in [0.1, 0.15) is 23.1 Å². The molecule has 1 N–H and O–H groups in total. The Morgan fingerprint density at radius 1 is 1.40 bits per heavy atom. The van der Waals surface area contributed by atoms with E-state index in [9.17, 15) is 4.79 Å². The molecule has 2 aromatic heterocycles. The molecule has 0 aromatic carbocycles. The van der Waals surface area contributed by atoms with Gasteiger partial charge in [-0.2, -0.15) is 5.26 Å². The van der Waals surface area contributed by atoms with Crippen LogP contribution in [-0.2, 0) is 9.47 Å². The Labute approximate surface area is 144 Å². The molecule has 1 unspecified atom stereocenters. The lowest BCUT2D eigenvalue weighted by atomic mass is 9.90. The molecule has 128 valence electrons. The molecule has 4 rings (SSSR count). The molecule has 0 bridgehead atoms. The summed E-state index contributed by atoms with van der Waals surface area (Å²) >= 11 is 0. The van der Waals surface area contributed by atoms with Crippen molar-refractivity contribution in [3.05, 3.63) is 46.6 Å². The fourth-order valence-corrected chi connectivity index (χ4v) is 3.43.